The summed E-state index contributed by atoms with van der Waals surface area (Å²) >= 11 is 6.13. The molecule has 0 spiro atoms. The van der Waals surface area contributed by atoms with Crippen LogP contribution in [0.4, 0.5) is 5.69 Å². The van der Waals surface area contributed by atoms with Crippen molar-refractivity contribution in [3.8, 4) is 0 Å². The van der Waals surface area contributed by atoms with Gasteiger partial charge in [0.1, 0.15) is 4.90 Å². The molecule has 3 rings (SSSR count). The molecule has 0 aromatic heterocycles. The first-order valence-corrected chi connectivity index (χ1v) is 11.8. The summed E-state index contributed by atoms with van der Waals surface area (Å²) in [6.07, 6.45) is 0. The van der Waals surface area contributed by atoms with Gasteiger partial charge in [0.25, 0.3) is 5.91 Å². The van der Waals surface area contributed by atoms with Crippen molar-refractivity contribution in [3.63, 3.8) is 0 Å². The zero-order chi connectivity index (χ0) is 23.4. The normalized spacial score (nSPS) is 15.2. The van der Waals surface area contributed by atoms with Crippen LogP contribution in [0.1, 0.15) is 19.4 Å². The summed E-state index contributed by atoms with van der Waals surface area (Å²) in [6.45, 7) is 3.97. The first-order chi connectivity index (χ1) is 15.1. The zero-order valence-corrected chi connectivity index (χ0v) is 19.4. The molecule has 0 saturated carbocycles. The fourth-order valence-electron chi connectivity index (χ4n) is 3.19. The second-order valence-electron chi connectivity index (χ2n) is 7.78. The van der Waals surface area contributed by atoms with E-state index in [-0.39, 0.29) is 28.7 Å². The van der Waals surface area contributed by atoms with E-state index in [4.69, 9.17) is 21.1 Å². The number of carbonyl (C=O) groups is 2. The van der Waals surface area contributed by atoms with E-state index >= 15 is 0 Å². The van der Waals surface area contributed by atoms with E-state index in [0.717, 1.165) is 5.56 Å². The number of amides is 1. The lowest BCUT2D eigenvalue weighted by atomic mass is 9.85. The fourth-order valence-corrected chi connectivity index (χ4v) is 5.09. The average Bonchev–Trinajstić information content (AvgIpc) is 2.79. The Morgan fingerprint density at radius 1 is 1.12 bits per heavy atom. The first kappa shape index (κ1) is 24.2. The Balaban J connectivity index is 1.65. The number of esters is 1. The predicted molar refractivity (Wildman–Crippen MR) is 120 cm³/mol. The van der Waals surface area contributed by atoms with Crippen LogP contribution in [0, 0.1) is 0 Å². The number of anilines is 1. The number of rotatable bonds is 7. The van der Waals surface area contributed by atoms with Gasteiger partial charge in [0.2, 0.25) is 10.0 Å². The van der Waals surface area contributed by atoms with Gasteiger partial charge in [-0.2, -0.15) is 4.31 Å². The van der Waals surface area contributed by atoms with E-state index in [1.807, 2.05) is 30.3 Å². The van der Waals surface area contributed by atoms with Crippen LogP contribution >= 0.6 is 11.6 Å². The van der Waals surface area contributed by atoms with Crippen LogP contribution in [0.25, 0.3) is 0 Å². The zero-order valence-electron chi connectivity index (χ0n) is 17.8. The summed E-state index contributed by atoms with van der Waals surface area (Å²) in [5, 5.41) is 2.60. The van der Waals surface area contributed by atoms with Crippen molar-refractivity contribution in [1.29, 1.82) is 0 Å². The minimum absolute atomic E-state index is 0.0468. The minimum Gasteiger partial charge on any atom is -0.455 e. The van der Waals surface area contributed by atoms with Gasteiger partial charge in [0, 0.05) is 18.8 Å². The van der Waals surface area contributed by atoms with E-state index < -0.39 is 33.9 Å². The molecule has 0 radical (unpaired) electrons. The van der Waals surface area contributed by atoms with E-state index in [1.165, 1.54) is 22.5 Å². The maximum Gasteiger partial charge on any atom is 0.316 e. The fraction of sp³-hybridized carbons (Fsp3) is 0.364. The van der Waals surface area contributed by atoms with E-state index in [9.17, 15) is 18.0 Å². The van der Waals surface area contributed by atoms with Crippen LogP contribution in [0.15, 0.2) is 53.4 Å². The lowest BCUT2D eigenvalue weighted by Gasteiger charge is -2.26. The molecular formula is C22H25ClN2O6S. The van der Waals surface area contributed by atoms with Gasteiger partial charge in [0.05, 0.1) is 23.7 Å². The number of halogens is 1. The summed E-state index contributed by atoms with van der Waals surface area (Å²) in [5.41, 5.74) is 0.0620. The summed E-state index contributed by atoms with van der Waals surface area (Å²) < 4.78 is 37.5. The molecule has 2 aromatic rings. The number of ether oxygens (including phenoxy) is 2. The van der Waals surface area contributed by atoms with Gasteiger partial charge in [-0.05, 0) is 37.6 Å². The average molecular weight is 481 g/mol. The molecule has 1 amide bonds. The number of carbonyl (C=O) groups excluding carboxylic acids is 2. The largest absolute Gasteiger partial charge is 0.455 e. The minimum atomic E-state index is -3.84. The highest BCUT2D eigenvalue weighted by Crippen LogP contribution is 2.28. The highest BCUT2D eigenvalue weighted by Gasteiger charge is 2.32. The third kappa shape index (κ3) is 5.47. The highest BCUT2D eigenvalue weighted by molar-refractivity contribution is 7.89. The van der Waals surface area contributed by atoms with Crippen LogP contribution < -0.4 is 5.32 Å². The number of hydrogen-bond donors (Lipinski definition) is 1. The maximum absolute atomic E-state index is 12.9. The molecule has 1 heterocycles. The SMILES string of the molecule is CC(C)(C(=O)OCC(=O)Nc1ccc(Cl)c(S(=O)(=O)N2CCOCC2)c1)c1ccccc1. The van der Waals surface area contributed by atoms with Crippen LogP contribution in [-0.4, -0.2) is 57.5 Å². The Morgan fingerprint density at radius 3 is 2.44 bits per heavy atom. The number of sulfonamides is 1. The molecule has 0 atom stereocenters. The molecule has 1 aliphatic heterocycles. The Hall–Kier alpha value is -2.46. The molecule has 8 nitrogen and oxygen atoms in total. The quantitative estimate of drug-likeness (QED) is 0.611. The van der Waals surface area contributed by atoms with Crippen LogP contribution in [0.2, 0.25) is 5.02 Å². The molecule has 2 aromatic carbocycles. The summed E-state index contributed by atoms with van der Waals surface area (Å²) in [5.74, 6) is -1.15. The van der Waals surface area contributed by atoms with Crippen LogP contribution in [0.3, 0.4) is 0 Å². The van der Waals surface area contributed by atoms with E-state index in [1.54, 1.807) is 13.8 Å². The number of benzene rings is 2. The molecular weight excluding hydrogens is 456 g/mol. The number of nitrogens with one attached hydrogen (secondary N) is 1. The number of nitrogens with zero attached hydrogens (tertiary/aromatic N) is 1. The van der Waals surface area contributed by atoms with Crippen molar-refractivity contribution in [2.45, 2.75) is 24.2 Å². The predicted octanol–water partition coefficient (Wildman–Crippen LogP) is 2.82. The van der Waals surface area contributed by atoms with Crippen molar-refractivity contribution in [2.24, 2.45) is 0 Å². The topological polar surface area (TPSA) is 102 Å². The monoisotopic (exact) mass is 480 g/mol. The molecule has 1 N–H and O–H groups in total. The van der Waals surface area contributed by atoms with Gasteiger partial charge in [-0.3, -0.25) is 9.59 Å². The van der Waals surface area contributed by atoms with Crippen LogP contribution in [-0.2, 0) is 34.5 Å². The lowest BCUT2D eigenvalue weighted by molar-refractivity contribution is -0.152. The molecule has 0 bridgehead atoms. The molecule has 1 fully saturated rings. The standard InChI is InChI=1S/C22H25ClN2O6S/c1-22(2,16-6-4-3-5-7-16)21(27)31-15-20(26)24-17-8-9-18(23)19(14-17)32(28,29)25-10-12-30-13-11-25/h3-9,14H,10-13,15H2,1-2H3,(H,24,26). The van der Waals surface area contributed by atoms with Gasteiger partial charge in [-0.25, -0.2) is 8.42 Å². The lowest BCUT2D eigenvalue weighted by Crippen LogP contribution is -2.40. The van der Waals surface area contributed by atoms with E-state index in [0.29, 0.717) is 13.2 Å². The van der Waals surface area contributed by atoms with E-state index in [2.05, 4.69) is 5.32 Å². The van der Waals surface area contributed by atoms with Crippen LogP contribution in [0.5, 0.6) is 0 Å². The third-order valence-electron chi connectivity index (χ3n) is 5.14. The summed E-state index contributed by atoms with van der Waals surface area (Å²) in [7, 11) is -3.84. The molecule has 0 unspecified atom stereocenters. The molecule has 0 aliphatic carbocycles. The van der Waals surface area contributed by atoms with Crippen molar-refractivity contribution >= 4 is 39.2 Å². The second kappa shape index (κ2) is 9.99. The maximum atomic E-state index is 12.9. The third-order valence-corrected chi connectivity index (χ3v) is 7.52. The Morgan fingerprint density at radius 2 is 1.78 bits per heavy atom. The summed E-state index contributed by atoms with van der Waals surface area (Å²) in [6, 6.07) is 13.3. The Labute approximate surface area is 192 Å². The highest BCUT2D eigenvalue weighted by atomic mass is 35.5. The van der Waals surface area contributed by atoms with Gasteiger partial charge in [0.15, 0.2) is 6.61 Å². The first-order valence-electron chi connectivity index (χ1n) is 10.0. The molecule has 172 valence electrons. The van der Waals surface area contributed by atoms with Crippen molar-refractivity contribution < 1.29 is 27.5 Å². The van der Waals surface area contributed by atoms with Crippen molar-refractivity contribution in [1.82, 2.24) is 4.31 Å². The smallest absolute Gasteiger partial charge is 0.316 e. The number of hydrogen-bond acceptors (Lipinski definition) is 6. The molecule has 1 saturated heterocycles. The molecule has 10 heteroatoms. The van der Waals surface area contributed by atoms with Gasteiger partial charge in [-0.15, -0.1) is 0 Å². The number of morpholine rings is 1. The second-order valence-corrected chi connectivity index (χ2v) is 10.1. The van der Waals surface area contributed by atoms with Gasteiger partial charge in [-0.1, -0.05) is 41.9 Å². The van der Waals surface area contributed by atoms with Gasteiger partial charge >= 0.3 is 5.97 Å². The molecule has 32 heavy (non-hydrogen) atoms. The Kier molecular flexibility index (Phi) is 7.55. The summed E-state index contributed by atoms with van der Waals surface area (Å²) in [4.78, 5) is 24.7. The van der Waals surface area contributed by atoms with Crippen molar-refractivity contribution in [3.05, 3.63) is 59.1 Å². The van der Waals surface area contributed by atoms with Gasteiger partial charge < -0.3 is 14.8 Å². The van der Waals surface area contributed by atoms with Crippen molar-refractivity contribution in [2.75, 3.05) is 38.2 Å². The Bertz CT molecular complexity index is 1080. The molecule has 1 aliphatic rings.